The molecule has 0 saturated carbocycles. The Labute approximate surface area is 158 Å². The van der Waals surface area contributed by atoms with Crippen LogP contribution in [0.15, 0.2) is 0 Å². The number of hydrogen-bond donors (Lipinski definition) is 2. The molecule has 4 atom stereocenters. The maximum Gasteiger partial charge on any atom is 0.311 e. The summed E-state index contributed by atoms with van der Waals surface area (Å²) in [5.74, 6) is -2.49. The molecule has 0 bridgehead atoms. The van der Waals surface area contributed by atoms with Gasteiger partial charge in [0.15, 0.2) is 0 Å². The van der Waals surface area contributed by atoms with E-state index in [1.165, 1.54) is 51.4 Å². The van der Waals surface area contributed by atoms with Crippen molar-refractivity contribution in [3.05, 3.63) is 0 Å². The van der Waals surface area contributed by atoms with E-state index in [-0.39, 0.29) is 12.1 Å². The predicted molar refractivity (Wildman–Crippen MR) is 102 cm³/mol. The fraction of sp³-hybridized carbons (Fsp3) is 0.905. The highest BCUT2D eigenvalue weighted by atomic mass is 16.6. The van der Waals surface area contributed by atoms with Gasteiger partial charge in [-0.15, -0.1) is 0 Å². The van der Waals surface area contributed by atoms with Crippen LogP contribution in [0, 0.1) is 11.8 Å². The zero-order chi connectivity index (χ0) is 19.4. The third-order valence-corrected chi connectivity index (χ3v) is 5.47. The molecule has 26 heavy (non-hydrogen) atoms. The van der Waals surface area contributed by atoms with Gasteiger partial charge in [0.05, 0.1) is 12.0 Å². The van der Waals surface area contributed by atoms with Gasteiger partial charge in [-0.05, 0) is 26.2 Å². The first-order valence-corrected chi connectivity index (χ1v) is 10.5. The maximum atomic E-state index is 11.6. The topological polar surface area (TPSA) is 83.8 Å². The van der Waals surface area contributed by atoms with E-state index in [9.17, 15) is 19.8 Å². The van der Waals surface area contributed by atoms with Crippen molar-refractivity contribution in [3.8, 4) is 0 Å². The van der Waals surface area contributed by atoms with Gasteiger partial charge in [-0.1, -0.05) is 71.1 Å². The molecule has 2 N–H and O–H groups in total. The molecule has 0 amide bonds. The normalized spacial score (nSPS) is 23.8. The standard InChI is InChI=1S/C21H38O5/c1-16(22)14-12-10-8-6-4-3-5-7-9-11-13-15-18-19(20(23)24)17(2)21(25)26-18/h16-19,22H,3-15H2,1-2H3,(H,23,24)/t16-,17-,18+,19+/m1/s1. The van der Waals surface area contributed by atoms with Crippen molar-refractivity contribution < 1.29 is 24.5 Å². The molecule has 0 unspecified atom stereocenters. The molecule has 1 saturated heterocycles. The van der Waals surface area contributed by atoms with E-state index >= 15 is 0 Å². The SMILES string of the molecule is C[C@@H](O)CCCCCCCCCCCCC[C@@H]1OC(=O)[C@H](C)[C@@H]1C(=O)O. The lowest BCUT2D eigenvalue weighted by Gasteiger charge is -2.15. The average molecular weight is 371 g/mol. The molecular weight excluding hydrogens is 332 g/mol. The molecule has 5 heteroatoms. The van der Waals surface area contributed by atoms with Gasteiger partial charge >= 0.3 is 11.9 Å². The van der Waals surface area contributed by atoms with E-state index < -0.39 is 23.9 Å². The summed E-state index contributed by atoms with van der Waals surface area (Å²) in [6.45, 7) is 3.50. The predicted octanol–water partition coefficient (Wildman–Crippen LogP) is 4.70. The van der Waals surface area contributed by atoms with E-state index in [0.29, 0.717) is 6.42 Å². The highest BCUT2D eigenvalue weighted by molar-refractivity contribution is 5.84. The van der Waals surface area contributed by atoms with Crippen molar-refractivity contribution >= 4 is 11.9 Å². The van der Waals surface area contributed by atoms with Crippen molar-refractivity contribution in [1.82, 2.24) is 0 Å². The Hall–Kier alpha value is -1.10. The number of hydrogen-bond acceptors (Lipinski definition) is 4. The van der Waals surface area contributed by atoms with Crippen molar-refractivity contribution in [2.75, 3.05) is 0 Å². The fourth-order valence-corrected chi connectivity index (χ4v) is 3.79. The van der Waals surface area contributed by atoms with Crippen LogP contribution in [0.5, 0.6) is 0 Å². The van der Waals surface area contributed by atoms with Gasteiger partial charge in [0.1, 0.15) is 12.0 Å². The molecule has 0 aromatic carbocycles. The van der Waals surface area contributed by atoms with Crippen molar-refractivity contribution in [2.45, 2.75) is 110 Å². The minimum atomic E-state index is -0.917. The highest BCUT2D eigenvalue weighted by Crippen LogP contribution is 2.31. The van der Waals surface area contributed by atoms with Crippen LogP contribution in [0.3, 0.4) is 0 Å². The largest absolute Gasteiger partial charge is 0.481 e. The van der Waals surface area contributed by atoms with E-state index in [4.69, 9.17) is 4.74 Å². The van der Waals surface area contributed by atoms with Gasteiger partial charge in [-0.25, -0.2) is 0 Å². The average Bonchev–Trinajstić information content (AvgIpc) is 2.86. The summed E-state index contributed by atoms with van der Waals surface area (Å²) < 4.78 is 5.23. The second kappa shape index (κ2) is 13.1. The Morgan fingerprint density at radius 2 is 1.42 bits per heavy atom. The second-order valence-electron chi connectivity index (χ2n) is 7.94. The van der Waals surface area contributed by atoms with E-state index in [2.05, 4.69) is 0 Å². The van der Waals surface area contributed by atoms with E-state index in [1.54, 1.807) is 6.92 Å². The number of aliphatic hydroxyl groups excluding tert-OH is 1. The number of unbranched alkanes of at least 4 members (excludes halogenated alkanes) is 10. The van der Waals surface area contributed by atoms with Gasteiger partial charge in [-0.3, -0.25) is 9.59 Å². The van der Waals surface area contributed by atoms with Crippen LogP contribution in [0.25, 0.3) is 0 Å². The molecule has 1 heterocycles. The van der Waals surface area contributed by atoms with Gasteiger partial charge in [0, 0.05) is 0 Å². The third kappa shape index (κ3) is 9.02. The summed E-state index contributed by atoms with van der Waals surface area (Å²) in [6, 6.07) is 0. The van der Waals surface area contributed by atoms with Crippen LogP contribution in [0.1, 0.15) is 97.3 Å². The molecule has 1 aliphatic heterocycles. The van der Waals surface area contributed by atoms with Crippen LogP contribution >= 0.6 is 0 Å². The second-order valence-corrected chi connectivity index (χ2v) is 7.94. The molecule has 1 rings (SSSR count). The van der Waals surface area contributed by atoms with Gasteiger partial charge in [0.25, 0.3) is 0 Å². The van der Waals surface area contributed by atoms with Crippen molar-refractivity contribution in [1.29, 1.82) is 0 Å². The Morgan fingerprint density at radius 3 is 1.88 bits per heavy atom. The van der Waals surface area contributed by atoms with Crippen LogP contribution in [-0.4, -0.2) is 34.4 Å². The number of aliphatic carboxylic acids is 1. The molecule has 0 aromatic rings. The number of cyclic esters (lactones) is 1. The summed E-state index contributed by atoms with van der Waals surface area (Å²) in [4.78, 5) is 22.8. The molecule has 0 aromatic heterocycles. The van der Waals surface area contributed by atoms with Crippen LogP contribution in [0.2, 0.25) is 0 Å². The monoisotopic (exact) mass is 370 g/mol. The van der Waals surface area contributed by atoms with Crippen LogP contribution < -0.4 is 0 Å². The summed E-state index contributed by atoms with van der Waals surface area (Å²) in [5.41, 5.74) is 0. The quantitative estimate of drug-likeness (QED) is 0.322. The lowest BCUT2D eigenvalue weighted by molar-refractivity contribution is -0.144. The van der Waals surface area contributed by atoms with Gasteiger partial charge < -0.3 is 14.9 Å². The van der Waals surface area contributed by atoms with Crippen LogP contribution in [0.4, 0.5) is 0 Å². The lowest BCUT2D eigenvalue weighted by Crippen LogP contribution is -2.27. The minimum Gasteiger partial charge on any atom is -0.481 e. The number of ether oxygens (including phenoxy) is 1. The highest BCUT2D eigenvalue weighted by Gasteiger charge is 2.45. The zero-order valence-electron chi connectivity index (χ0n) is 16.6. The van der Waals surface area contributed by atoms with E-state index in [1.807, 2.05) is 6.92 Å². The molecule has 5 nitrogen and oxygen atoms in total. The fourth-order valence-electron chi connectivity index (χ4n) is 3.79. The first-order chi connectivity index (χ1) is 12.4. The Kier molecular flexibility index (Phi) is 11.6. The van der Waals surface area contributed by atoms with Gasteiger partial charge in [-0.2, -0.15) is 0 Å². The molecule has 0 spiro atoms. The summed E-state index contributed by atoms with van der Waals surface area (Å²) in [7, 11) is 0. The maximum absolute atomic E-state index is 11.6. The van der Waals surface area contributed by atoms with Crippen LogP contribution in [-0.2, 0) is 14.3 Å². The van der Waals surface area contributed by atoms with E-state index in [0.717, 1.165) is 25.7 Å². The first kappa shape index (κ1) is 22.9. The molecule has 152 valence electrons. The molecular formula is C21H38O5. The lowest BCUT2D eigenvalue weighted by atomic mass is 9.89. The van der Waals surface area contributed by atoms with Crippen molar-refractivity contribution in [2.24, 2.45) is 11.8 Å². The molecule has 1 fully saturated rings. The first-order valence-electron chi connectivity index (χ1n) is 10.5. The van der Waals surface area contributed by atoms with Crippen molar-refractivity contribution in [3.63, 3.8) is 0 Å². The zero-order valence-corrected chi connectivity index (χ0v) is 16.6. The Morgan fingerprint density at radius 1 is 0.962 bits per heavy atom. The number of carboxylic acid groups (broad SMARTS) is 1. The number of carbonyl (C=O) groups excluding carboxylic acids is 1. The summed E-state index contributed by atoms with van der Waals surface area (Å²) >= 11 is 0. The number of rotatable bonds is 15. The number of carboxylic acids is 1. The third-order valence-electron chi connectivity index (χ3n) is 5.47. The molecule has 1 aliphatic rings. The number of carbonyl (C=O) groups is 2. The minimum absolute atomic E-state index is 0.158. The van der Waals surface area contributed by atoms with Gasteiger partial charge in [0.2, 0.25) is 0 Å². The number of esters is 1. The Bertz CT molecular complexity index is 407. The molecule has 0 radical (unpaired) electrons. The molecule has 0 aliphatic carbocycles. The summed E-state index contributed by atoms with van der Waals surface area (Å²) in [5, 5.41) is 18.4. The summed E-state index contributed by atoms with van der Waals surface area (Å²) in [6.07, 6.45) is 14.2. The number of aliphatic hydroxyl groups is 1. The smallest absolute Gasteiger partial charge is 0.311 e. The Balaban J connectivity index is 1.92.